The standard InChI is InChI=1S/C9H14N2.ClH/c1-3-4-5-9(2)11-7-6-10-8-11;/h6-8H,2-5H2,1H3;1H. The molecule has 0 N–H and O–H groups in total. The van der Waals surface area contributed by atoms with E-state index in [0.717, 1.165) is 12.1 Å². The van der Waals surface area contributed by atoms with Crippen molar-refractivity contribution in [2.75, 3.05) is 0 Å². The second-order valence-electron chi connectivity index (χ2n) is 2.64. The first kappa shape index (κ1) is 11.2. The fourth-order valence-electron chi connectivity index (χ4n) is 0.956. The highest BCUT2D eigenvalue weighted by atomic mass is 35.5. The smallest absolute Gasteiger partial charge is 0.0988 e. The zero-order valence-electron chi connectivity index (χ0n) is 7.36. The Labute approximate surface area is 79.7 Å². The molecule has 68 valence electrons. The Hall–Kier alpha value is -0.760. The SMILES string of the molecule is C=C(CCCC)n1ccnc1.Cl. The topological polar surface area (TPSA) is 17.8 Å². The monoisotopic (exact) mass is 186 g/mol. The van der Waals surface area contributed by atoms with E-state index in [1.807, 2.05) is 10.8 Å². The molecular formula is C9H15ClN2. The highest BCUT2D eigenvalue weighted by molar-refractivity contribution is 5.85. The summed E-state index contributed by atoms with van der Waals surface area (Å²) in [5, 5.41) is 0. The van der Waals surface area contributed by atoms with E-state index < -0.39 is 0 Å². The molecule has 0 aliphatic heterocycles. The van der Waals surface area contributed by atoms with Crippen LogP contribution in [0.15, 0.2) is 25.3 Å². The molecule has 0 atom stereocenters. The van der Waals surface area contributed by atoms with Crippen molar-refractivity contribution < 1.29 is 0 Å². The van der Waals surface area contributed by atoms with Gasteiger partial charge in [-0.25, -0.2) is 4.98 Å². The number of hydrogen-bond acceptors (Lipinski definition) is 1. The number of nitrogens with zero attached hydrogens (tertiary/aromatic N) is 2. The molecule has 0 aliphatic carbocycles. The summed E-state index contributed by atoms with van der Waals surface area (Å²) in [5.74, 6) is 0. The number of unbranched alkanes of at least 4 members (excludes halogenated alkanes) is 1. The Balaban J connectivity index is 0.00000121. The first-order valence-electron chi connectivity index (χ1n) is 4.00. The Kier molecular flexibility index (Phi) is 5.47. The van der Waals surface area contributed by atoms with Gasteiger partial charge < -0.3 is 4.57 Å². The second kappa shape index (κ2) is 5.84. The van der Waals surface area contributed by atoms with Crippen molar-refractivity contribution in [1.82, 2.24) is 9.55 Å². The summed E-state index contributed by atoms with van der Waals surface area (Å²) >= 11 is 0. The predicted molar refractivity (Wildman–Crippen MR) is 54.3 cm³/mol. The minimum absolute atomic E-state index is 0. The van der Waals surface area contributed by atoms with Crippen molar-refractivity contribution in [3.05, 3.63) is 25.3 Å². The van der Waals surface area contributed by atoms with Crippen LogP contribution in [0, 0.1) is 0 Å². The average molecular weight is 187 g/mol. The van der Waals surface area contributed by atoms with E-state index in [1.54, 1.807) is 12.5 Å². The van der Waals surface area contributed by atoms with Crippen molar-refractivity contribution in [2.24, 2.45) is 0 Å². The molecular weight excluding hydrogens is 172 g/mol. The van der Waals surface area contributed by atoms with Gasteiger partial charge in [0.25, 0.3) is 0 Å². The summed E-state index contributed by atoms with van der Waals surface area (Å²) in [6, 6.07) is 0. The van der Waals surface area contributed by atoms with E-state index >= 15 is 0 Å². The van der Waals surface area contributed by atoms with Gasteiger partial charge >= 0.3 is 0 Å². The van der Waals surface area contributed by atoms with Gasteiger partial charge in [-0.1, -0.05) is 19.9 Å². The Bertz CT molecular complexity index is 216. The first-order valence-corrected chi connectivity index (χ1v) is 4.00. The summed E-state index contributed by atoms with van der Waals surface area (Å²) in [7, 11) is 0. The quantitative estimate of drug-likeness (QED) is 0.707. The van der Waals surface area contributed by atoms with Gasteiger partial charge in [0.05, 0.1) is 6.33 Å². The minimum atomic E-state index is 0. The second-order valence-corrected chi connectivity index (χ2v) is 2.64. The summed E-state index contributed by atoms with van der Waals surface area (Å²) in [5.41, 5.74) is 1.13. The van der Waals surface area contributed by atoms with Crippen LogP contribution in [0.2, 0.25) is 0 Å². The maximum atomic E-state index is 3.96. The van der Waals surface area contributed by atoms with Gasteiger partial charge in [0.2, 0.25) is 0 Å². The molecule has 0 saturated carbocycles. The normalized spacial score (nSPS) is 9.08. The van der Waals surface area contributed by atoms with Crippen molar-refractivity contribution in [2.45, 2.75) is 26.2 Å². The predicted octanol–water partition coefficient (Wildman–Crippen LogP) is 2.97. The largest absolute Gasteiger partial charge is 0.311 e. The minimum Gasteiger partial charge on any atom is -0.311 e. The van der Waals surface area contributed by atoms with Gasteiger partial charge in [-0.2, -0.15) is 0 Å². The first-order chi connectivity index (χ1) is 5.34. The fraction of sp³-hybridized carbons (Fsp3) is 0.444. The molecule has 0 saturated heterocycles. The highest BCUT2D eigenvalue weighted by Crippen LogP contribution is 2.09. The lowest BCUT2D eigenvalue weighted by molar-refractivity contribution is 0.798. The zero-order valence-corrected chi connectivity index (χ0v) is 8.18. The van der Waals surface area contributed by atoms with E-state index in [2.05, 4.69) is 18.5 Å². The lowest BCUT2D eigenvalue weighted by Crippen LogP contribution is -1.91. The van der Waals surface area contributed by atoms with Crippen LogP contribution >= 0.6 is 12.4 Å². The summed E-state index contributed by atoms with van der Waals surface area (Å²) in [6.07, 6.45) is 8.98. The fourth-order valence-corrected chi connectivity index (χ4v) is 0.956. The van der Waals surface area contributed by atoms with Gasteiger partial charge in [-0.3, -0.25) is 0 Å². The molecule has 0 radical (unpaired) electrons. The molecule has 2 nitrogen and oxygen atoms in total. The Morgan fingerprint density at radius 2 is 2.33 bits per heavy atom. The van der Waals surface area contributed by atoms with E-state index in [0.29, 0.717) is 0 Å². The molecule has 0 bridgehead atoms. The van der Waals surface area contributed by atoms with Gasteiger partial charge in [-0.05, 0) is 12.8 Å². The third-order valence-electron chi connectivity index (χ3n) is 1.69. The Morgan fingerprint density at radius 1 is 1.58 bits per heavy atom. The molecule has 12 heavy (non-hydrogen) atoms. The zero-order chi connectivity index (χ0) is 8.10. The van der Waals surface area contributed by atoms with Crippen LogP contribution in [0.25, 0.3) is 5.70 Å². The maximum Gasteiger partial charge on any atom is 0.0988 e. The Morgan fingerprint density at radius 3 is 2.83 bits per heavy atom. The van der Waals surface area contributed by atoms with Gasteiger partial charge in [0.1, 0.15) is 0 Å². The van der Waals surface area contributed by atoms with E-state index in [9.17, 15) is 0 Å². The number of aromatic nitrogens is 2. The number of rotatable bonds is 4. The van der Waals surface area contributed by atoms with Crippen molar-refractivity contribution >= 4 is 18.1 Å². The molecule has 1 heterocycles. The van der Waals surface area contributed by atoms with E-state index in [4.69, 9.17) is 0 Å². The molecule has 1 aromatic heterocycles. The molecule has 1 aromatic rings. The van der Waals surface area contributed by atoms with Crippen LogP contribution < -0.4 is 0 Å². The molecule has 0 aromatic carbocycles. The number of hydrogen-bond donors (Lipinski definition) is 0. The third-order valence-corrected chi connectivity index (χ3v) is 1.69. The van der Waals surface area contributed by atoms with Crippen molar-refractivity contribution in [1.29, 1.82) is 0 Å². The molecule has 0 aliphatic rings. The van der Waals surface area contributed by atoms with Crippen molar-refractivity contribution in [3.63, 3.8) is 0 Å². The van der Waals surface area contributed by atoms with Crippen LogP contribution in [-0.2, 0) is 0 Å². The van der Waals surface area contributed by atoms with Crippen LogP contribution in [0.3, 0.4) is 0 Å². The molecule has 0 spiro atoms. The van der Waals surface area contributed by atoms with Crippen LogP contribution in [-0.4, -0.2) is 9.55 Å². The lowest BCUT2D eigenvalue weighted by Gasteiger charge is -2.03. The average Bonchev–Trinajstić information content (AvgIpc) is 2.52. The van der Waals surface area contributed by atoms with Gasteiger partial charge in [0, 0.05) is 18.1 Å². The summed E-state index contributed by atoms with van der Waals surface area (Å²) in [4.78, 5) is 3.95. The third kappa shape index (κ3) is 3.09. The summed E-state index contributed by atoms with van der Waals surface area (Å²) < 4.78 is 1.97. The van der Waals surface area contributed by atoms with Crippen LogP contribution in [0.4, 0.5) is 0 Å². The van der Waals surface area contributed by atoms with Gasteiger partial charge in [-0.15, -0.1) is 12.4 Å². The molecule has 0 amide bonds. The van der Waals surface area contributed by atoms with Crippen molar-refractivity contribution in [3.8, 4) is 0 Å². The molecule has 1 rings (SSSR count). The highest BCUT2D eigenvalue weighted by Gasteiger charge is 1.94. The van der Waals surface area contributed by atoms with Gasteiger partial charge in [0.15, 0.2) is 0 Å². The number of allylic oxidation sites excluding steroid dienone is 1. The molecule has 0 unspecified atom stereocenters. The van der Waals surface area contributed by atoms with Crippen LogP contribution in [0.5, 0.6) is 0 Å². The molecule has 0 fully saturated rings. The number of halogens is 1. The van der Waals surface area contributed by atoms with E-state index in [-0.39, 0.29) is 12.4 Å². The number of imidazole rings is 1. The lowest BCUT2D eigenvalue weighted by atomic mass is 10.2. The molecule has 3 heteroatoms. The van der Waals surface area contributed by atoms with E-state index in [1.165, 1.54) is 12.8 Å². The summed E-state index contributed by atoms with van der Waals surface area (Å²) in [6.45, 7) is 6.14. The van der Waals surface area contributed by atoms with Crippen LogP contribution in [0.1, 0.15) is 26.2 Å². The maximum absolute atomic E-state index is 3.96.